The van der Waals surface area contributed by atoms with Gasteiger partial charge in [0.25, 0.3) is 0 Å². The molecular formula is C15H17NOS. The van der Waals surface area contributed by atoms with Gasteiger partial charge in [0.2, 0.25) is 0 Å². The van der Waals surface area contributed by atoms with Gasteiger partial charge in [-0.3, -0.25) is 0 Å². The number of aryl methyl sites for hydroxylation is 1. The van der Waals surface area contributed by atoms with E-state index in [-0.39, 0.29) is 0 Å². The van der Waals surface area contributed by atoms with E-state index in [1.54, 1.807) is 0 Å². The van der Waals surface area contributed by atoms with Crippen molar-refractivity contribution >= 4 is 11.0 Å². The molecule has 0 fully saturated rings. The maximum absolute atomic E-state index is 12.3. The minimum absolute atomic E-state index is 0.682. The van der Waals surface area contributed by atoms with Gasteiger partial charge in [0.15, 0.2) is 0 Å². The van der Waals surface area contributed by atoms with Crippen molar-refractivity contribution in [2.24, 2.45) is 0 Å². The maximum atomic E-state index is 12.3. The molecule has 0 aliphatic carbocycles. The molecule has 94 valence electrons. The van der Waals surface area contributed by atoms with Crippen molar-refractivity contribution < 1.29 is 4.21 Å². The summed E-state index contributed by atoms with van der Waals surface area (Å²) in [7, 11) is 0.774. The molecule has 1 atom stereocenters. The first-order valence-corrected chi connectivity index (χ1v) is 7.01. The Morgan fingerprint density at radius 1 is 1.00 bits per heavy atom. The average molecular weight is 259 g/mol. The van der Waals surface area contributed by atoms with E-state index in [0.717, 1.165) is 4.90 Å². The van der Waals surface area contributed by atoms with E-state index < -0.39 is 11.0 Å². The first kappa shape index (κ1) is 13.0. The van der Waals surface area contributed by atoms with Gasteiger partial charge < -0.3 is 0 Å². The van der Waals surface area contributed by atoms with Crippen molar-refractivity contribution in [1.29, 1.82) is 0 Å². The second-order valence-corrected chi connectivity index (χ2v) is 5.93. The molecule has 0 aliphatic rings. The Morgan fingerprint density at radius 2 is 1.61 bits per heavy atom. The monoisotopic (exact) mass is 259 g/mol. The van der Waals surface area contributed by atoms with E-state index in [1.807, 2.05) is 72.9 Å². The molecule has 2 aromatic rings. The summed E-state index contributed by atoms with van der Waals surface area (Å²) in [5.74, 6) is 0. The summed E-state index contributed by atoms with van der Waals surface area (Å²) in [5, 5.41) is 0. The highest BCUT2D eigenvalue weighted by Crippen LogP contribution is 2.13. The van der Waals surface area contributed by atoms with Gasteiger partial charge in [-0.2, -0.15) is 0 Å². The molecule has 1 unspecified atom stereocenters. The van der Waals surface area contributed by atoms with Crippen molar-refractivity contribution in [1.82, 2.24) is 4.31 Å². The van der Waals surface area contributed by atoms with Gasteiger partial charge in [-0.25, -0.2) is 8.51 Å². The first-order valence-electron chi connectivity index (χ1n) is 5.90. The van der Waals surface area contributed by atoms with Crippen LogP contribution in [0.4, 0.5) is 0 Å². The fourth-order valence-electron chi connectivity index (χ4n) is 1.73. The molecule has 0 heterocycles. The van der Waals surface area contributed by atoms with E-state index in [4.69, 9.17) is 0 Å². The molecule has 0 aromatic heterocycles. The van der Waals surface area contributed by atoms with Crippen LogP contribution in [0.25, 0.3) is 0 Å². The third-order valence-electron chi connectivity index (χ3n) is 2.75. The maximum Gasteiger partial charge on any atom is 0.127 e. The number of rotatable bonds is 4. The van der Waals surface area contributed by atoms with Crippen LogP contribution < -0.4 is 0 Å². The minimum Gasteiger partial charge on any atom is -0.237 e. The van der Waals surface area contributed by atoms with Crippen LogP contribution in [-0.2, 0) is 17.5 Å². The number of hydrogen-bond donors (Lipinski definition) is 0. The summed E-state index contributed by atoms with van der Waals surface area (Å²) in [6.45, 7) is 2.71. The summed E-state index contributed by atoms with van der Waals surface area (Å²) in [4.78, 5) is 0.846. The molecule has 2 rings (SSSR count). The Balaban J connectivity index is 2.07. The van der Waals surface area contributed by atoms with Gasteiger partial charge in [-0.05, 0) is 24.6 Å². The molecule has 3 heteroatoms. The summed E-state index contributed by atoms with van der Waals surface area (Å²) < 4.78 is 14.1. The highest BCUT2D eigenvalue weighted by atomic mass is 32.2. The predicted molar refractivity (Wildman–Crippen MR) is 75.5 cm³/mol. The Labute approximate surface area is 111 Å². The molecule has 0 amide bonds. The van der Waals surface area contributed by atoms with Gasteiger partial charge in [0.1, 0.15) is 11.0 Å². The molecule has 0 N–H and O–H groups in total. The minimum atomic E-state index is -1.10. The van der Waals surface area contributed by atoms with Crippen LogP contribution in [-0.4, -0.2) is 15.6 Å². The van der Waals surface area contributed by atoms with E-state index in [2.05, 4.69) is 0 Å². The van der Waals surface area contributed by atoms with Gasteiger partial charge in [0.05, 0.1) is 4.90 Å². The summed E-state index contributed by atoms with van der Waals surface area (Å²) in [5.41, 5.74) is 2.35. The number of benzene rings is 2. The quantitative estimate of drug-likeness (QED) is 0.826. The molecule has 0 bridgehead atoms. The third kappa shape index (κ3) is 3.28. The van der Waals surface area contributed by atoms with E-state index in [9.17, 15) is 4.21 Å². The standard InChI is InChI=1S/C15H17NOS/c1-13-8-10-15(11-9-13)18(17)16(2)12-14-6-4-3-5-7-14/h3-11H,12H2,1-2H3. The second-order valence-electron chi connectivity index (χ2n) is 4.33. The predicted octanol–water partition coefficient (Wildman–Crippen LogP) is 3.15. The molecule has 0 saturated carbocycles. The fraction of sp³-hybridized carbons (Fsp3) is 0.200. The van der Waals surface area contributed by atoms with Gasteiger partial charge in [-0.15, -0.1) is 0 Å². The molecular weight excluding hydrogens is 242 g/mol. The van der Waals surface area contributed by atoms with E-state index >= 15 is 0 Å². The Morgan fingerprint density at radius 3 is 2.22 bits per heavy atom. The largest absolute Gasteiger partial charge is 0.237 e. The van der Waals surface area contributed by atoms with Crippen LogP contribution in [0.5, 0.6) is 0 Å². The van der Waals surface area contributed by atoms with Crippen LogP contribution in [0.1, 0.15) is 11.1 Å². The lowest BCUT2D eigenvalue weighted by Gasteiger charge is -2.15. The van der Waals surface area contributed by atoms with Crippen molar-refractivity contribution in [2.45, 2.75) is 18.4 Å². The average Bonchev–Trinajstić information content (AvgIpc) is 2.40. The van der Waals surface area contributed by atoms with Crippen molar-refractivity contribution in [3.05, 3.63) is 65.7 Å². The smallest absolute Gasteiger partial charge is 0.127 e. The molecule has 0 spiro atoms. The van der Waals surface area contributed by atoms with Gasteiger partial charge >= 0.3 is 0 Å². The zero-order valence-electron chi connectivity index (χ0n) is 10.7. The van der Waals surface area contributed by atoms with Crippen LogP contribution >= 0.6 is 0 Å². The highest BCUT2D eigenvalue weighted by Gasteiger charge is 2.10. The highest BCUT2D eigenvalue weighted by molar-refractivity contribution is 7.82. The van der Waals surface area contributed by atoms with Gasteiger partial charge in [-0.1, -0.05) is 48.0 Å². The van der Waals surface area contributed by atoms with Crippen LogP contribution in [0.2, 0.25) is 0 Å². The van der Waals surface area contributed by atoms with Crippen LogP contribution in [0, 0.1) is 6.92 Å². The third-order valence-corrected chi connectivity index (χ3v) is 4.12. The summed E-state index contributed by atoms with van der Waals surface area (Å²) in [6, 6.07) is 17.9. The van der Waals surface area contributed by atoms with Crippen LogP contribution in [0.3, 0.4) is 0 Å². The lowest BCUT2D eigenvalue weighted by atomic mass is 10.2. The Kier molecular flexibility index (Phi) is 4.28. The van der Waals surface area contributed by atoms with Crippen molar-refractivity contribution in [3.63, 3.8) is 0 Å². The fourth-order valence-corrected chi connectivity index (χ4v) is 2.73. The Bertz CT molecular complexity index is 522. The number of hydrogen-bond acceptors (Lipinski definition) is 1. The lowest BCUT2D eigenvalue weighted by molar-refractivity contribution is 0.520. The van der Waals surface area contributed by atoms with Gasteiger partial charge in [0, 0.05) is 13.6 Å². The topological polar surface area (TPSA) is 20.3 Å². The molecule has 2 nitrogen and oxygen atoms in total. The van der Waals surface area contributed by atoms with E-state index in [1.165, 1.54) is 11.1 Å². The second kappa shape index (κ2) is 5.94. The molecule has 0 radical (unpaired) electrons. The molecule has 2 aromatic carbocycles. The first-order chi connectivity index (χ1) is 8.66. The van der Waals surface area contributed by atoms with Crippen molar-refractivity contribution in [3.8, 4) is 0 Å². The molecule has 0 aliphatic heterocycles. The zero-order chi connectivity index (χ0) is 13.0. The van der Waals surface area contributed by atoms with E-state index in [0.29, 0.717) is 6.54 Å². The molecule has 0 saturated heterocycles. The normalized spacial score (nSPS) is 12.6. The molecule has 18 heavy (non-hydrogen) atoms. The zero-order valence-corrected chi connectivity index (χ0v) is 11.5. The van der Waals surface area contributed by atoms with Crippen LogP contribution in [0.15, 0.2) is 59.5 Å². The van der Waals surface area contributed by atoms with Crippen molar-refractivity contribution in [2.75, 3.05) is 7.05 Å². The SMILES string of the molecule is Cc1ccc(S(=O)N(C)Cc2ccccc2)cc1. The number of nitrogens with zero attached hydrogens (tertiary/aromatic N) is 1. The lowest BCUT2D eigenvalue weighted by Crippen LogP contribution is -2.20. The summed E-state index contributed by atoms with van der Waals surface area (Å²) >= 11 is 0. The summed E-state index contributed by atoms with van der Waals surface area (Å²) in [6.07, 6.45) is 0. The Hall–Kier alpha value is -1.45.